The monoisotopic (exact) mass is 910 g/mol. The summed E-state index contributed by atoms with van der Waals surface area (Å²) in [6, 6.07) is 6.65. The van der Waals surface area contributed by atoms with Crippen molar-refractivity contribution in [3.63, 3.8) is 0 Å². The molecule has 0 bridgehead atoms. The first-order chi connectivity index (χ1) is 25.3. The van der Waals surface area contributed by atoms with Crippen molar-refractivity contribution in [3.8, 4) is 0 Å². The Labute approximate surface area is 307 Å². The summed E-state index contributed by atoms with van der Waals surface area (Å²) in [6.07, 6.45) is -27.6. The lowest BCUT2D eigenvalue weighted by Gasteiger charge is -2.53. The maximum Gasteiger partial charge on any atom is 0.460 e. The average molecular weight is 910 g/mol. The Morgan fingerprint density at radius 2 is 0.828 bits per heavy atom. The molecule has 1 aromatic rings. The number of ether oxygens (including phenoxy) is 2. The molecule has 0 saturated carbocycles. The molecule has 58 heavy (non-hydrogen) atoms. The van der Waals surface area contributed by atoms with Gasteiger partial charge in [0, 0.05) is 18.3 Å². The van der Waals surface area contributed by atoms with Crippen LogP contribution in [-0.4, -0.2) is 90.1 Å². The number of benzene rings is 1. The molecule has 0 aromatic heterocycles. The van der Waals surface area contributed by atoms with Gasteiger partial charge < -0.3 is 9.47 Å². The van der Waals surface area contributed by atoms with Crippen molar-refractivity contribution in [3.05, 3.63) is 42.0 Å². The minimum atomic E-state index is -8.41. The Morgan fingerprint density at radius 1 is 0.500 bits per heavy atom. The Morgan fingerprint density at radius 3 is 1.16 bits per heavy atom. The molecule has 1 aromatic carbocycles. The van der Waals surface area contributed by atoms with Crippen LogP contribution in [0.2, 0.25) is 0 Å². The van der Waals surface area contributed by atoms with Crippen LogP contribution in [0.3, 0.4) is 0 Å². The maximum atomic E-state index is 14.9. The standard InChI is InChI=1S/C30H24F26O2/c1-17(2)14-57-16(9-8-15-6-4-3-5-7-15)58-18(17,10-12-19(31,32)21(35,36)23(39,40)25(43,44)27(47,48)29(51,52)53)11-13-20(33,34)22(37,38)24(41,42)26(45,46)28(49,50)30(54,55)56/h3-9,16H,10-14H2,1-2H3. The maximum absolute atomic E-state index is 14.9. The largest absolute Gasteiger partial charge is 0.460 e. The number of halogens is 26. The third-order valence-electron chi connectivity index (χ3n) is 9.11. The van der Waals surface area contributed by atoms with Gasteiger partial charge in [0.2, 0.25) is 0 Å². The molecule has 28 heteroatoms. The molecule has 0 radical (unpaired) electrons. The van der Waals surface area contributed by atoms with Gasteiger partial charge in [-0.15, -0.1) is 0 Å². The molecule has 1 unspecified atom stereocenters. The van der Waals surface area contributed by atoms with E-state index in [-0.39, 0.29) is 5.56 Å². The molecular weight excluding hydrogens is 886 g/mol. The Bertz CT molecular complexity index is 1510. The highest BCUT2D eigenvalue weighted by Crippen LogP contribution is 2.64. The normalized spacial score (nSPS) is 20.2. The van der Waals surface area contributed by atoms with Crippen molar-refractivity contribution in [2.75, 3.05) is 6.61 Å². The van der Waals surface area contributed by atoms with E-state index in [2.05, 4.69) is 0 Å². The highest BCUT2D eigenvalue weighted by atomic mass is 19.4. The molecule has 338 valence electrons. The van der Waals surface area contributed by atoms with Crippen LogP contribution in [0.15, 0.2) is 36.4 Å². The van der Waals surface area contributed by atoms with E-state index >= 15 is 0 Å². The van der Waals surface area contributed by atoms with Crippen LogP contribution in [0, 0.1) is 5.41 Å². The molecule has 0 aliphatic carbocycles. The summed E-state index contributed by atoms with van der Waals surface area (Å²) in [4.78, 5) is 0. The first-order valence-corrected chi connectivity index (χ1v) is 15.3. The molecule has 1 aliphatic rings. The van der Waals surface area contributed by atoms with E-state index in [0.717, 1.165) is 6.08 Å². The second-order valence-corrected chi connectivity index (χ2v) is 13.4. The third-order valence-corrected chi connectivity index (χ3v) is 9.11. The molecule has 0 N–H and O–H groups in total. The van der Waals surface area contributed by atoms with Gasteiger partial charge in [0.1, 0.15) is 0 Å². The van der Waals surface area contributed by atoms with E-state index < -0.39 is 121 Å². The van der Waals surface area contributed by atoms with Gasteiger partial charge in [0.15, 0.2) is 6.29 Å². The van der Waals surface area contributed by atoms with E-state index in [0.29, 0.717) is 19.9 Å². The fourth-order valence-corrected chi connectivity index (χ4v) is 5.24. The zero-order chi connectivity index (χ0) is 46.1. The van der Waals surface area contributed by atoms with Crippen LogP contribution >= 0.6 is 0 Å². The third kappa shape index (κ3) is 8.00. The van der Waals surface area contributed by atoms with E-state index in [1.807, 2.05) is 0 Å². The predicted octanol–water partition coefficient (Wildman–Crippen LogP) is 12.9. The molecule has 2 rings (SSSR count). The van der Waals surface area contributed by atoms with Crippen LogP contribution in [0.4, 0.5) is 114 Å². The van der Waals surface area contributed by atoms with Crippen molar-refractivity contribution in [2.24, 2.45) is 5.41 Å². The zero-order valence-electron chi connectivity index (χ0n) is 28.3. The number of rotatable bonds is 16. The van der Waals surface area contributed by atoms with Gasteiger partial charge in [-0.1, -0.05) is 50.3 Å². The van der Waals surface area contributed by atoms with Crippen molar-refractivity contribution in [2.45, 2.75) is 123 Å². The first-order valence-electron chi connectivity index (χ1n) is 15.3. The number of hydrogen-bond donors (Lipinski definition) is 0. The van der Waals surface area contributed by atoms with Gasteiger partial charge in [-0.3, -0.25) is 0 Å². The van der Waals surface area contributed by atoms with Crippen LogP contribution in [0.1, 0.15) is 45.1 Å². The van der Waals surface area contributed by atoms with Gasteiger partial charge in [-0.05, 0) is 24.5 Å². The number of hydrogen-bond acceptors (Lipinski definition) is 2. The van der Waals surface area contributed by atoms with Crippen LogP contribution in [-0.2, 0) is 9.47 Å². The van der Waals surface area contributed by atoms with E-state index in [1.54, 1.807) is 0 Å². The summed E-state index contributed by atoms with van der Waals surface area (Å²) in [5.74, 6) is -79.9. The molecule has 1 saturated heterocycles. The van der Waals surface area contributed by atoms with E-state index in [1.165, 1.54) is 30.3 Å². The Hall–Kier alpha value is -2.94. The predicted molar refractivity (Wildman–Crippen MR) is 143 cm³/mol. The lowest BCUT2D eigenvalue weighted by atomic mass is 9.68. The minimum Gasteiger partial charge on any atom is -0.348 e. The molecule has 1 atom stereocenters. The average Bonchev–Trinajstić information content (AvgIpc) is 3.05. The van der Waals surface area contributed by atoms with Gasteiger partial charge in [0.05, 0.1) is 12.2 Å². The van der Waals surface area contributed by atoms with Crippen LogP contribution < -0.4 is 0 Å². The van der Waals surface area contributed by atoms with E-state index in [4.69, 9.17) is 9.47 Å². The summed E-state index contributed by atoms with van der Waals surface area (Å²) >= 11 is 0. The van der Waals surface area contributed by atoms with Crippen molar-refractivity contribution < 1.29 is 124 Å². The second-order valence-electron chi connectivity index (χ2n) is 13.4. The van der Waals surface area contributed by atoms with E-state index in [9.17, 15) is 114 Å². The van der Waals surface area contributed by atoms with Crippen LogP contribution in [0.5, 0.6) is 0 Å². The minimum absolute atomic E-state index is 0.139. The molecule has 1 heterocycles. The summed E-state index contributed by atoms with van der Waals surface area (Å²) < 4.78 is 368. The lowest BCUT2D eigenvalue weighted by molar-refractivity contribution is -0.441. The summed E-state index contributed by atoms with van der Waals surface area (Å²) in [6.45, 7) is -0.0508. The SMILES string of the molecule is CC1(C)COC(C=Cc2ccccc2)OC1(CCC(F)(F)C(F)(F)C(F)(F)C(F)(F)C(F)(F)C(F)(F)F)CCC(F)(F)C(F)(F)C(F)(F)C(F)(F)C(F)(F)C(F)(F)F. The Balaban J connectivity index is 2.73. The summed E-state index contributed by atoms with van der Waals surface area (Å²) in [5, 5.41) is 0. The van der Waals surface area contributed by atoms with Gasteiger partial charge in [-0.2, -0.15) is 114 Å². The molecule has 1 aliphatic heterocycles. The first kappa shape index (κ1) is 51.2. The van der Waals surface area contributed by atoms with Crippen LogP contribution in [0.25, 0.3) is 6.08 Å². The fraction of sp³-hybridized carbons (Fsp3) is 0.733. The molecule has 2 nitrogen and oxygen atoms in total. The summed E-state index contributed by atoms with van der Waals surface area (Å²) in [5.41, 5.74) is -5.94. The van der Waals surface area contributed by atoms with Crippen molar-refractivity contribution >= 4 is 6.08 Å². The van der Waals surface area contributed by atoms with Crippen molar-refractivity contribution in [1.29, 1.82) is 0 Å². The lowest BCUT2D eigenvalue weighted by Crippen LogP contribution is -2.70. The zero-order valence-corrected chi connectivity index (χ0v) is 28.3. The van der Waals surface area contributed by atoms with Crippen molar-refractivity contribution in [1.82, 2.24) is 0 Å². The molecule has 1 fully saturated rings. The molecule has 0 spiro atoms. The van der Waals surface area contributed by atoms with Gasteiger partial charge in [0.25, 0.3) is 0 Å². The highest BCUT2D eigenvalue weighted by Gasteiger charge is 2.92. The molecular formula is C30H24F26O2. The quantitative estimate of drug-likeness (QED) is 0.154. The molecule has 0 amide bonds. The summed E-state index contributed by atoms with van der Waals surface area (Å²) in [7, 11) is 0. The fourth-order valence-electron chi connectivity index (χ4n) is 5.24. The number of alkyl halides is 26. The topological polar surface area (TPSA) is 18.5 Å². The smallest absolute Gasteiger partial charge is 0.348 e. The van der Waals surface area contributed by atoms with Gasteiger partial charge in [-0.25, -0.2) is 0 Å². The highest BCUT2D eigenvalue weighted by molar-refractivity contribution is 5.49. The second kappa shape index (κ2) is 14.9. The van der Waals surface area contributed by atoms with Gasteiger partial charge >= 0.3 is 71.6 Å². The Kier molecular flexibility index (Phi) is 13.2.